The number of nitrogens with zero attached hydrogens (tertiary/aromatic N) is 2. The largest absolute Gasteiger partial charge is 0.493 e. The predicted molar refractivity (Wildman–Crippen MR) is 98.9 cm³/mol. The lowest BCUT2D eigenvalue weighted by Crippen LogP contribution is -2.45. The fraction of sp³-hybridized carbons (Fsp3) is 0.632. The Morgan fingerprint density at radius 2 is 2.04 bits per heavy atom. The summed E-state index contributed by atoms with van der Waals surface area (Å²) in [5.41, 5.74) is 1.15. The first-order valence-corrected chi connectivity index (χ1v) is 8.93. The summed E-state index contributed by atoms with van der Waals surface area (Å²) in [5.74, 6) is 3.38. The molecule has 1 aromatic rings. The van der Waals surface area contributed by atoms with Gasteiger partial charge in [0.1, 0.15) is 0 Å². The summed E-state index contributed by atoms with van der Waals surface area (Å²) < 4.78 is 11.2. The number of aliphatic imine (C=N–C) groups is 1. The molecule has 1 fully saturated rings. The van der Waals surface area contributed by atoms with Gasteiger partial charge in [-0.3, -0.25) is 4.99 Å². The van der Waals surface area contributed by atoms with E-state index in [2.05, 4.69) is 35.1 Å². The van der Waals surface area contributed by atoms with Crippen molar-refractivity contribution in [2.75, 3.05) is 33.9 Å². The third-order valence-corrected chi connectivity index (χ3v) is 4.44. The molecule has 0 unspecified atom stereocenters. The van der Waals surface area contributed by atoms with E-state index in [1.807, 2.05) is 19.2 Å². The van der Waals surface area contributed by atoms with Crippen molar-refractivity contribution in [3.63, 3.8) is 0 Å². The summed E-state index contributed by atoms with van der Waals surface area (Å²) in [6.45, 7) is 8.00. The van der Waals surface area contributed by atoms with Gasteiger partial charge < -0.3 is 19.7 Å². The number of methoxy groups -OCH3 is 1. The monoisotopic (exact) mass is 333 g/mol. The second-order valence-electron chi connectivity index (χ2n) is 6.40. The maximum atomic E-state index is 5.71. The first-order chi connectivity index (χ1) is 11.7. The van der Waals surface area contributed by atoms with Crippen LogP contribution in [0.5, 0.6) is 11.5 Å². The highest BCUT2D eigenvalue weighted by molar-refractivity contribution is 5.80. The van der Waals surface area contributed by atoms with Gasteiger partial charge in [-0.25, -0.2) is 0 Å². The topological polar surface area (TPSA) is 46.1 Å². The van der Waals surface area contributed by atoms with Gasteiger partial charge in [-0.2, -0.15) is 0 Å². The van der Waals surface area contributed by atoms with Crippen molar-refractivity contribution in [1.82, 2.24) is 10.2 Å². The molecule has 1 aliphatic heterocycles. The molecule has 24 heavy (non-hydrogen) atoms. The summed E-state index contributed by atoms with van der Waals surface area (Å²) in [6, 6.07) is 6.09. The standard InChI is InChI=1S/C19H31N3O2/c1-5-12-24-17-7-6-16(13-18(17)23-4)14-21-19(20-3)22-10-8-15(2)9-11-22/h6-7,13,15H,5,8-12,14H2,1-4H3,(H,20,21). The smallest absolute Gasteiger partial charge is 0.193 e. The van der Waals surface area contributed by atoms with Crippen LogP contribution in [-0.2, 0) is 6.54 Å². The lowest BCUT2D eigenvalue weighted by molar-refractivity contribution is 0.273. The zero-order chi connectivity index (χ0) is 17.4. The molecule has 5 nitrogen and oxygen atoms in total. The quantitative estimate of drug-likeness (QED) is 0.641. The molecule has 1 heterocycles. The third kappa shape index (κ3) is 5.05. The number of rotatable bonds is 6. The van der Waals surface area contributed by atoms with Gasteiger partial charge in [0.15, 0.2) is 17.5 Å². The van der Waals surface area contributed by atoms with Crippen LogP contribution in [0.2, 0.25) is 0 Å². The number of benzene rings is 1. The second kappa shape index (κ2) is 9.40. The van der Waals surface area contributed by atoms with E-state index in [4.69, 9.17) is 9.47 Å². The van der Waals surface area contributed by atoms with E-state index in [0.717, 1.165) is 55.0 Å². The average molecular weight is 333 g/mol. The van der Waals surface area contributed by atoms with E-state index < -0.39 is 0 Å². The molecule has 0 radical (unpaired) electrons. The Hall–Kier alpha value is -1.91. The summed E-state index contributed by atoms with van der Waals surface area (Å²) in [7, 11) is 3.53. The lowest BCUT2D eigenvalue weighted by atomic mass is 9.99. The van der Waals surface area contributed by atoms with Crippen molar-refractivity contribution < 1.29 is 9.47 Å². The van der Waals surface area contributed by atoms with Crippen molar-refractivity contribution in [3.8, 4) is 11.5 Å². The zero-order valence-corrected chi connectivity index (χ0v) is 15.5. The molecule has 134 valence electrons. The minimum absolute atomic E-state index is 0.702. The van der Waals surface area contributed by atoms with Crippen molar-refractivity contribution >= 4 is 5.96 Å². The van der Waals surface area contributed by atoms with E-state index in [1.54, 1.807) is 7.11 Å². The summed E-state index contributed by atoms with van der Waals surface area (Å²) in [4.78, 5) is 6.77. The van der Waals surface area contributed by atoms with Crippen LogP contribution in [0.15, 0.2) is 23.2 Å². The fourth-order valence-electron chi connectivity index (χ4n) is 2.89. The molecule has 0 amide bonds. The van der Waals surface area contributed by atoms with Crippen LogP contribution in [0.3, 0.4) is 0 Å². The van der Waals surface area contributed by atoms with Crippen molar-refractivity contribution in [2.45, 2.75) is 39.7 Å². The summed E-state index contributed by atoms with van der Waals surface area (Å²) in [6.07, 6.45) is 3.45. The molecule has 0 bridgehead atoms. The van der Waals surface area contributed by atoms with E-state index in [0.29, 0.717) is 6.61 Å². The first kappa shape index (κ1) is 18.4. The molecule has 0 spiro atoms. The molecule has 0 aliphatic carbocycles. The van der Waals surface area contributed by atoms with Crippen LogP contribution in [-0.4, -0.2) is 44.7 Å². The molecule has 1 saturated heterocycles. The minimum Gasteiger partial charge on any atom is -0.493 e. The highest BCUT2D eigenvalue weighted by Gasteiger charge is 2.18. The van der Waals surface area contributed by atoms with Crippen LogP contribution in [0.4, 0.5) is 0 Å². The average Bonchev–Trinajstić information content (AvgIpc) is 2.62. The van der Waals surface area contributed by atoms with Gasteiger partial charge in [-0.15, -0.1) is 0 Å². The number of ether oxygens (including phenoxy) is 2. The Bertz CT molecular complexity index is 537. The number of piperidine rings is 1. The van der Waals surface area contributed by atoms with E-state index in [9.17, 15) is 0 Å². The van der Waals surface area contributed by atoms with Gasteiger partial charge in [-0.1, -0.05) is 19.9 Å². The Kier molecular flexibility index (Phi) is 7.22. The third-order valence-electron chi connectivity index (χ3n) is 4.44. The Labute approximate surface area is 146 Å². The lowest BCUT2D eigenvalue weighted by Gasteiger charge is -2.33. The summed E-state index contributed by atoms with van der Waals surface area (Å²) >= 11 is 0. The van der Waals surface area contributed by atoms with Gasteiger partial charge in [0, 0.05) is 26.7 Å². The number of hydrogen-bond acceptors (Lipinski definition) is 3. The predicted octanol–water partition coefficient (Wildman–Crippen LogP) is 3.29. The molecule has 1 N–H and O–H groups in total. The Balaban J connectivity index is 1.95. The Morgan fingerprint density at radius 3 is 2.67 bits per heavy atom. The number of nitrogens with one attached hydrogen (secondary N) is 1. The minimum atomic E-state index is 0.702. The molecule has 5 heteroatoms. The maximum absolute atomic E-state index is 5.71. The van der Waals surface area contributed by atoms with E-state index in [1.165, 1.54) is 12.8 Å². The SMILES string of the molecule is CCCOc1ccc(CNC(=NC)N2CCC(C)CC2)cc1OC. The van der Waals surface area contributed by atoms with Gasteiger partial charge in [0.05, 0.1) is 13.7 Å². The Morgan fingerprint density at radius 1 is 1.29 bits per heavy atom. The second-order valence-corrected chi connectivity index (χ2v) is 6.40. The van der Waals surface area contributed by atoms with Gasteiger partial charge in [0.25, 0.3) is 0 Å². The van der Waals surface area contributed by atoms with E-state index >= 15 is 0 Å². The maximum Gasteiger partial charge on any atom is 0.193 e. The summed E-state index contributed by atoms with van der Waals surface area (Å²) in [5, 5.41) is 3.46. The number of hydrogen-bond donors (Lipinski definition) is 1. The number of likely N-dealkylation sites (tertiary alicyclic amines) is 1. The van der Waals surface area contributed by atoms with Gasteiger partial charge in [0.2, 0.25) is 0 Å². The van der Waals surface area contributed by atoms with Crippen molar-refractivity contribution in [2.24, 2.45) is 10.9 Å². The number of guanidine groups is 1. The van der Waals surface area contributed by atoms with E-state index in [-0.39, 0.29) is 0 Å². The highest BCUT2D eigenvalue weighted by atomic mass is 16.5. The van der Waals surface area contributed by atoms with Crippen LogP contribution < -0.4 is 14.8 Å². The normalized spacial score (nSPS) is 16.2. The molecule has 0 atom stereocenters. The molecule has 0 saturated carbocycles. The molecule has 1 aromatic carbocycles. The molecular weight excluding hydrogens is 302 g/mol. The van der Waals surface area contributed by atoms with Crippen molar-refractivity contribution in [1.29, 1.82) is 0 Å². The van der Waals surface area contributed by atoms with Gasteiger partial charge in [-0.05, 0) is 42.9 Å². The molecule has 0 aromatic heterocycles. The van der Waals surface area contributed by atoms with Crippen molar-refractivity contribution in [3.05, 3.63) is 23.8 Å². The molecule has 1 aliphatic rings. The molecule has 2 rings (SSSR count). The fourth-order valence-corrected chi connectivity index (χ4v) is 2.89. The first-order valence-electron chi connectivity index (χ1n) is 8.93. The van der Waals surface area contributed by atoms with Crippen LogP contribution in [0.1, 0.15) is 38.7 Å². The molecular formula is C19H31N3O2. The van der Waals surface area contributed by atoms with Gasteiger partial charge >= 0.3 is 0 Å². The zero-order valence-electron chi connectivity index (χ0n) is 15.5. The van der Waals surface area contributed by atoms with Crippen LogP contribution in [0.25, 0.3) is 0 Å². The van der Waals surface area contributed by atoms with Crippen LogP contribution in [0, 0.1) is 5.92 Å². The highest BCUT2D eigenvalue weighted by Crippen LogP contribution is 2.28. The van der Waals surface area contributed by atoms with Crippen LogP contribution >= 0.6 is 0 Å².